The summed E-state index contributed by atoms with van der Waals surface area (Å²) in [5, 5.41) is 3.97. The molecular weight excluding hydrogens is 304 g/mol. The monoisotopic (exact) mass is 322 g/mol. The number of nitrogens with two attached hydrogens (primary N) is 1. The summed E-state index contributed by atoms with van der Waals surface area (Å²) in [4.78, 5) is 0.330. The molecule has 3 rings (SSSR count). The van der Waals surface area contributed by atoms with Crippen molar-refractivity contribution in [3.63, 3.8) is 0 Å². The number of sulfonamides is 1. The summed E-state index contributed by atoms with van der Waals surface area (Å²) in [6.07, 6.45) is 1.88. The summed E-state index contributed by atoms with van der Waals surface area (Å²) in [6.45, 7) is 2.27. The number of nitrogen functional groups attached to an aromatic ring is 1. The lowest BCUT2D eigenvalue weighted by molar-refractivity contribution is 0.399. The van der Waals surface area contributed by atoms with E-state index in [-0.39, 0.29) is 6.04 Å². The Morgan fingerprint density at radius 3 is 2.67 bits per heavy atom. The molecule has 1 fully saturated rings. The van der Waals surface area contributed by atoms with E-state index in [2.05, 4.69) is 0 Å². The van der Waals surface area contributed by atoms with E-state index in [4.69, 9.17) is 5.73 Å². The maximum Gasteiger partial charge on any atom is 0.243 e. The minimum atomic E-state index is -3.47. The predicted octanol–water partition coefficient (Wildman–Crippen LogP) is 2.99. The highest BCUT2D eigenvalue weighted by atomic mass is 32.2. The van der Waals surface area contributed by atoms with Gasteiger partial charge >= 0.3 is 0 Å². The van der Waals surface area contributed by atoms with Gasteiger partial charge in [0, 0.05) is 18.3 Å². The Morgan fingerprint density at radius 1 is 1.33 bits per heavy atom. The van der Waals surface area contributed by atoms with Gasteiger partial charge in [-0.1, -0.05) is 0 Å². The van der Waals surface area contributed by atoms with Gasteiger partial charge < -0.3 is 5.73 Å². The fraction of sp³-hybridized carbons (Fsp3) is 0.333. The van der Waals surface area contributed by atoms with Gasteiger partial charge in [0.25, 0.3) is 0 Å². The molecule has 1 aromatic heterocycles. The van der Waals surface area contributed by atoms with Gasteiger partial charge in [0.1, 0.15) is 0 Å². The maximum atomic E-state index is 12.9. The van der Waals surface area contributed by atoms with E-state index < -0.39 is 10.0 Å². The van der Waals surface area contributed by atoms with E-state index in [1.165, 1.54) is 0 Å². The number of anilines is 1. The van der Waals surface area contributed by atoms with E-state index >= 15 is 0 Å². The van der Waals surface area contributed by atoms with E-state index in [0.29, 0.717) is 17.1 Å². The van der Waals surface area contributed by atoms with Crippen LogP contribution in [0.4, 0.5) is 5.69 Å². The van der Waals surface area contributed by atoms with E-state index in [9.17, 15) is 8.42 Å². The van der Waals surface area contributed by atoms with Gasteiger partial charge in [-0.15, -0.1) is 0 Å². The zero-order valence-electron chi connectivity index (χ0n) is 11.8. The van der Waals surface area contributed by atoms with Crippen molar-refractivity contribution in [1.29, 1.82) is 0 Å². The van der Waals surface area contributed by atoms with Crippen molar-refractivity contribution < 1.29 is 8.42 Å². The molecular formula is C15H18N2O2S2. The van der Waals surface area contributed by atoms with Gasteiger partial charge in [-0.2, -0.15) is 15.6 Å². The van der Waals surface area contributed by atoms with Crippen molar-refractivity contribution in [3.05, 3.63) is 46.2 Å². The average molecular weight is 322 g/mol. The van der Waals surface area contributed by atoms with Crippen LogP contribution in [0.3, 0.4) is 0 Å². The van der Waals surface area contributed by atoms with Crippen molar-refractivity contribution in [3.8, 4) is 0 Å². The van der Waals surface area contributed by atoms with Crippen molar-refractivity contribution in [2.24, 2.45) is 0 Å². The zero-order chi connectivity index (χ0) is 15.0. The molecule has 4 nitrogen and oxygen atoms in total. The van der Waals surface area contributed by atoms with Gasteiger partial charge in [0.15, 0.2) is 0 Å². The molecule has 1 aliphatic rings. The quantitative estimate of drug-likeness (QED) is 0.861. The second-order valence-corrected chi connectivity index (χ2v) is 8.10. The maximum absolute atomic E-state index is 12.9. The highest BCUT2D eigenvalue weighted by Crippen LogP contribution is 2.34. The molecule has 0 amide bonds. The van der Waals surface area contributed by atoms with Gasteiger partial charge in [0.05, 0.1) is 4.90 Å². The van der Waals surface area contributed by atoms with Crippen LogP contribution in [0.25, 0.3) is 0 Å². The van der Waals surface area contributed by atoms with Gasteiger partial charge in [0.2, 0.25) is 10.0 Å². The Morgan fingerprint density at radius 2 is 2.10 bits per heavy atom. The third-order valence-electron chi connectivity index (χ3n) is 3.72. The molecule has 1 aromatic carbocycles. The molecule has 0 radical (unpaired) electrons. The smallest absolute Gasteiger partial charge is 0.243 e. The number of aryl methyl sites for hydroxylation is 1. The summed E-state index contributed by atoms with van der Waals surface area (Å²) < 4.78 is 27.4. The third-order valence-corrected chi connectivity index (χ3v) is 6.35. The van der Waals surface area contributed by atoms with Crippen LogP contribution in [0, 0.1) is 6.92 Å². The second kappa shape index (κ2) is 5.44. The summed E-state index contributed by atoms with van der Waals surface area (Å²) in [7, 11) is -3.47. The Hall–Kier alpha value is -1.37. The fourth-order valence-corrected chi connectivity index (χ4v) is 4.70. The Balaban J connectivity index is 1.95. The lowest BCUT2D eigenvalue weighted by Crippen LogP contribution is -2.32. The number of benzene rings is 1. The lowest BCUT2D eigenvalue weighted by atomic mass is 10.2. The largest absolute Gasteiger partial charge is 0.399 e. The third kappa shape index (κ3) is 2.97. The number of thiophene rings is 1. The van der Waals surface area contributed by atoms with Crippen LogP contribution < -0.4 is 5.73 Å². The molecule has 0 saturated heterocycles. The number of nitrogens with zero attached hydrogens (tertiary/aromatic N) is 1. The second-order valence-electron chi connectivity index (χ2n) is 5.43. The standard InChI is InChI=1S/C15H18N2O2S2/c1-11-8-14(4-5-15(11)16)21(18,19)17(13-2-3-13)9-12-6-7-20-10-12/h4-8,10,13H,2-3,9,16H2,1H3. The molecule has 1 aliphatic carbocycles. The van der Waals surface area contributed by atoms with Crippen molar-refractivity contribution in [2.45, 2.75) is 37.2 Å². The van der Waals surface area contributed by atoms with Crippen LogP contribution in [0.1, 0.15) is 24.0 Å². The normalized spacial score (nSPS) is 15.5. The van der Waals surface area contributed by atoms with Crippen LogP contribution in [0.2, 0.25) is 0 Å². The zero-order valence-corrected chi connectivity index (χ0v) is 13.5. The molecule has 2 N–H and O–H groups in total. The number of rotatable bonds is 5. The van der Waals surface area contributed by atoms with E-state index in [0.717, 1.165) is 24.0 Å². The first-order valence-corrected chi connectivity index (χ1v) is 9.26. The number of hydrogen-bond donors (Lipinski definition) is 1. The molecule has 0 aliphatic heterocycles. The SMILES string of the molecule is Cc1cc(S(=O)(=O)N(Cc2ccsc2)C2CC2)ccc1N. The lowest BCUT2D eigenvalue weighted by Gasteiger charge is -2.22. The Labute approximate surface area is 129 Å². The van der Waals surface area contributed by atoms with Crippen LogP contribution in [0.5, 0.6) is 0 Å². The fourth-order valence-electron chi connectivity index (χ4n) is 2.28. The van der Waals surface area contributed by atoms with Gasteiger partial charge in [-0.25, -0.2) is 8.42 Å². The molecule has 0 atom stereocenters. The summed E-state index contributed by atoms with van der Waals surface area (Å²) in [5.41, 5.74) is 8.24. The molecule has 1 heterocycles. The van der Waals surface area contributed by atoms with Crippen LogP contribution in [0.15, 0.2) is 39.9 Å². The molecule has 0 spiro atoms. The van der Waals surface area contributed by atoms with E-state index in [1.54, 1.807) is 33.8 Å². The first kappa shape index (κ1) is 14.6. The first-order valence-electron chi connectivity index (χ1n) is 6.87. The first-order chi connectivity index (χ1) is 9.98. The van der Waals surface area contributed by atoms with Crippen molar-refractivity contribution in [1.82, 2.24) is 4.31 Å². The average Bonchev–Trinajstić information content (AvgIpc) is 3.15. The minimum absolute atomic E-state index is 0.132. The Bertz CT molecular complexity index is 735. The van der Waals surface area contributed by atoms with Crippen molar-refractivity contribution >= 4 is 27.0 Å². The highest BCUT2D eigenvalue weighted by molar-refractivity contribution is 7.89. The minimum Gasteiger partial charge on any atom is -0.399 e. The summed E-state index contributed by atoms with van der Waals surface area (Å²) in [6, 6.07) is 7.03. The molecule has 21 heavy (non-hydrogen) atoms. The summed E-state index contributed by atoms with van der Waals surface area (Å²) >= 11 is 1.59. The Kier molecular flexibility index (Phi) is 3.77. The molecule has 6 heteroatoms. The number of hydrogen-bond acceptors (Lipinski definition) is 4. The topological polar surface area (TPSA) is 63.4 Å². The molecule has 0 bridgehead atoms. The molecule has 0 unspecified atom stereocenters. The van der Waals surface area contributed by atoms with Gasteiger partial charge in [-0.3, -0.25) is 0 Å². The predicted molar refractivity (Wildman–Crippen MR) is 85.7 cm³/mol. The van der Waals surface area contributed by atoms with Crippen LogP contribution in [-0.2, 0) is 16.6 Å². The van der Waals surface area contributed by atoms with Crippen LogP contribution >= 0.6 is 11.3 Å². The molecule has 1 saturated carbocycles. The molecule has 2 aromatic rings. The summed E-state index contributed by atoms with van der Waals surface area (Å²) in [5.74, 6) is 0. The van der Waals surface area contributed by atoms with Crippen LogP contribution in [-0.4, -0.2) is 18.8 Å². The highest BCUT2D eigenvalue weighted by Gasteiger charge is 2.38. The van der Waals surface area contributed by atoms with Gasteiger partial charge in [-0.05, 0) is 65.9 Å². The van der Waals surface area contributed by atoms with Crippen molar-refractivity contribution in [2.75, 3.05) is 5.73 Å². The molecule has 112 valence electrons. The van der Waals surface area contributed by atoms with E-state index in [1.807, 2.05) is 23.8 Å².